The standard InChI is InChI=1S/C13H20ClFN2/c1-10(16-7-4-8-17(2)3)11-5-6-12(14)13(15)9-11/h5-6,9-10,16H,4,7-8H2,1-3H3. The molecule has 0 aliphatic rings. The molecule has 1 unspecified atom stereocenters. The fraction of sp³-hybridized carbons (Fsp3) is 0.538. The maximum atomic E-state index is 13.3. The zero-order valence-corrected chi connectivity index (χ0v) is 11.4. The zero-order chi connectivity index (χ0) is 12.8. The third-order valence-corrected chi connectivity index (χ3v) is 2.98. The van der Waals surface area contributed by atoms with Crippen LogP contribution < -0.4 is 5.32 Å². The molecule has 1 aromatic rings. The SMILES string of the molecule is CC(NCCCN(C)C)c1ccc(Cl)c(F)c1. The number of nitrogens with one attached hydrogen (secondary N) is 1. The predicted octanol–water partition coefficient (Wildman–Crippen LogP) is 3.08. The number of hydrogen-bond acceptors (Lipinski definition) is 2. The molecule has 0 radical (unpaired) electrons. The van der Waals surface area contributed by atoms with Gasteiger partial charge in [0.15, 0.2) is 0 Å². The summed E-state index contributed by atoms with van der Waals surface area (Å²) in [7, 11) is 4.11. The Labute approximate surface area is 108 Å². The van der Waals surface area contributed by atoms with Crippen molar-refractivity contribution >= 4 is 11.6 Å². The van der Waals surface area contributed by atoms with Crippen molar-refractivity contribution in [2.75, 3.05) is 27.2 Å². The monoisotopic (exact) mass is 258 g/mol. The van der Waals surface area contributed by atoms with E-state index in [0.717, 1.165) is 25.1 Å². The first-order valence-electron chi connectivity index (χ1n) is 5.83. The van der Waals surface area contributed by atoms with Crippen LogP contribution in [0.1, 0.15) is 24.9 Å². The molecule has 0 saturated carbocycles. The third-order valence-electron chi connectivity index (χ3n) is 2.68. The van der Waals surface area contributed by atoms with Crippen LogP contribution in [0, 0.1) is 5.82 Å². The second kappa shape index (κ2) is 6.94. The second-order valence-electron chi connectivity index (χ2n) is 4.51. The van der Waals surface area contributed by atoms with Crippen LogP contribution in [-0.2, 0) is 0 Å². The number of hydrogen-bond donors (Lipinski definition) is 1. The van der Waals surface area contributed by atoms with Crippen molar-refractivity contribution in [3.63, 3.8) is 0 Å². The van der Waals surface area contributed by atoms with Gasteiger partial charge >= 0.3 is 0 Å². The average molecular weight is 259 g/mol. The van der Waals surface area contributed by atoms with Crippen molar-refractivity contribution in [2.24, 2.45) is 0 Å². The van der Waals surface area contributed by atoms with Gasteiger partial charge in [0.2, 0.25) is 0 Å². The number of rotatable bonds is 6. The molecule has 1 N–H and O–H groups in total. The van der Waals surface area contributed by atoms with Crippen molar-refractivity contribution in [1.82, 2.24) is 10.2 Å². The fourth-order valence-electron chi connectivity index (χ4n) is 1.61. The van der Waals surface area contributed by atoms with Crippen LogP contribution in [0.2, 0.25) is 5.02 Å². The highest BCUT2D eigenvalue weighted by atomic mass is 35.5. The number of halogens is 2. The van der Waals surface area contributed by atoms with Gasteiger partial charge in [0.25, 0.3) is 0 Å². The summed E-state index contributed by atoms with van der Waals surface area (Å²) in [5.74, 6) is -0.355. The molecule has 0 bridgehead atoms. The summed E-state index contributed by atoms with van der Waals surface area (Å²) in [5, 5.41) is 3.54. The molecule has 0 spiro atoms. The van der Waals surface area contributed by atoms with Crippen LogP contribution in [0.5, 0.6) is 0 Å². The van der Waals surface area contributed by atoms with Gasteiger partial charge in [-0.05, 0) is 58.2 Å². The van der Waals surface area contributed by atoms with Crippen LogP contribution in [0.15, 0.2) is 18.2 Å². The second-order valence-corrected chi connectivity index (χ2v) is 4.91. The molecule has 1 atom stereocenters. The Hall–Kier alpha value is -0.640. The van der Waals surface area contributed by atoms with Gasteiger partial charge in [0.05, 0.1) is 5.02 Å². The summed E-state index contributed by atoms with van der Waals surface area (Å²) >= 11 is 5.65. The van der Waals surface area contributed by atoms with E-state index in [1.165, 1.54) is 6.07 Å². The Morgan fingerprint density at radius 3 is 2.71 bits per heavy atom. The quantitative estimate of drug-likeness (QED) is 0.789. The van der Waals surface area contributed by atoms with Gasteiger partial charge in [-0.2, -0.15) is 0 Å². The zero-order valence-electron chi connectivity index (χ0n) is 10.6. The van der Waals surface area contributed by atoms with E-state index in [2.05, 4.69) is 24.3 Å². The lowest BCUT2D eigenvalue weighted by Crippen LogP contribution is -2.23. The predicted molar refractivity (Wildman–Crippen MR) is 71.0 cm³/mol. The summed E-state index contributed by atoms with van der Waals surface area (Å²) in [5.41, 5.74) is 0.928. The molecule has 0 amide bonds. The Morgan fingerprint density at radius 1 is 1.41 bits per heavy atom. The van der Waals surface area contributed by atoms with E-state index in [4.69, 9.17) is 11.6 Å². The molecule has 0 heterocycles. The molecule has 0 saturated heterocycles. The largest absolute Gasteiger partial charge is 0.310 e. The number of nitrogens with zero attached hydrogens (tertiary/aromatic N) is 1. The minimum atomic E-state index is -0.355. The van der Waals surface area contributed by atoms with Crippen LogP contribution in [0.4, 0.5) is 4.39 Å². The van der Waals surface area contributed by atoms with Gasteiger partial charge in [0, 0.05) is 6.04 Å². The van der Waals surface area contributed by atoms with Gasteiger partial charge in [-0.15, -0.1) is 0 Å². The third kappa shape index (κ3) is 5.02. The van der Waals surface area contributed by atoms with Crippen LogP contribution in [0.25, 0.3) is 0 Å². The molecule has 0 aromatic heterocycles. The Balaban J connectivity index is 2.41. The molecule has 0 aliphatic heterocycles. The van der Waals surface area contributed by atoms with E-state index in [-0.39, 0.29) is 16.9 Å². The summed E-state index contributed by atoms with van der Waals surface area (Å²) in [4.78, 5) is 2.15. The van der Waals surface area contributed by atoms with E-state index in [1.54, 1.807) is 6.07 Å². The van der Waals surface area contributed by atoms with Gasteiger partial charge in [-0.25, -0.2) is 4.39 Å². The molecule has 1 rings (SSSR count). The van der Waals surface area contributed by atoms with E-state index in [9.17, 15) is 4.39 Å². The lowest BCUT2D eigenvalue weighted by Gasteiger charge is -2.16. The highest BCUT2D eigenvalue weighted by Gasteiger charge is 2.07. The molecule has 0 aliphatic carbocycles. The highest BCUT2D eigenvalue weighted by molar-refractivity contribution is 6.30. The first-order chi connectivity index (χ1) is 8.00. The first kappa shape index (κ1) is 14.4. The molecule has 1 aromatic carbocycles. The molecule has 17 heavy (non-hydrogen) atoms. The van der Waals surface area contributed by atoms with E-state index in [1.807, 2.05) is 13.0 Å². The summed E-state index contributed by atoms with van der Waals surface area (Å²) < 4.78 is 13.3. The van der Waals surface area contributed by atoms with E-state index in [0.29, 0.717) is 0 Å². The van der Waals surface area contributed by atoms with Crippen molar-refractivity contribution in [1.29, 1.82) is 0 Å². The van der Waals surface area contributed by atoms with Gasteiger partial charge in [-0.3, -0.25) is 0 Å². The summed E-state index contributed by atoms with van der Waals surface area (Å²) in [6, 6.07) is 5.09. The normalized spacial score (nSPS) is 13.1. The van der Waals surface area contributed by atoms with Crippen LogP contribution in [-0.4, -0.2) is 32.1 Å². The van der Waals surface area contributed by atoms with Crippen molar-refractivity contribution < 1.29 is 4.39 Å². The van der Waals surface area contributed by atoms with E-state index < -0.39 is 0 Å². The van der Waals surface area contributed by atoms with Crippen molar-refractivity contribution in [2.45, 2.75) is 19.4 Å². The Bertz CT molecular complexity index is 355. The first-order valence-corrected chi connectivity index (χ1v) is 6.21. The summed E-state index contributed by atoms with van der Waals surface area (Å²) in [6.45, 7) is 4.00. The molecule has 96 valence electrons. The lowest BCUT2D eigenvalue weighted by atomic mass is 10.1. The van der Waals surface area contributed by atoms with Gasteiger partial charge in [-0.1, -0.05) is 17.7 Å². The van der Waals surface area contributed by atoms with E-state index >= 15 is 0 Å². The van der Waals surface area contributed by atoms with Crippen LogP contribution in [0.3, 0.4) is 0 Å². The minimum absolute atomic E-state index is 0.143. The Morgan fingerprint density at radius 2 is 2.12 bits per heavy atom. The Kier molecular flexibility index (Phi) is 5.89. The molecule has 2 nitrogen and oxygen atoms in total. The van der Waals surface area contributed by atoms with Crippen LogP contribution >= 0.6 is 11.6 Å². The van der Waals surface area contributed by atoms with Crippen molar-refractivity contribution in [3.05, 3.63) is 34.6 Å². The van der Waals surface area contributed by atoms with Gasteiger partial charge in [0.1, 0.15) is 5.82 Å². The van der Waals surface area contributed by atoms with Crippen molar-refractivity contribution in [3.8, 4) is 0 Å². The maximum Gasteiger partial charge on any atom is 0.142 e. The molecular formula is C13H20ClFN2. The molecule has 0 fully saturated rings. The summed E-state index contributed by atoms with van der Waals surface area (Å²) in [6.07, 6.45) is 1.08. The smallest absolute Gasteiger partial charge is 0.142 e. The minimum Gasteiger partial charge on any atom is -0.310 e. The maximum absolute atomic E-state index is 13.3. The van der Waals surface area contributed by atoms with Gasteiger partial charge < -0.3 is 10.2 Å². The molecule has 4 heteroatoms. The fourth-order valence-corrected chi connectivity index (χ4v) is 1.73. The lowest BCUT2D eigenvalue weighted by molar-refractivity contribution is 0.389. The topological polar surface area (TPSA) is 15.3 Å². The average Bonchev–Trinajstić information content (AvgIpc) is 2.27. The highest BCUT2D eigenvalue weighted by Crippen LogP contribution is 2.19. The number of benzene rings is 1. The molecular weight excluding hydrogens is 239 g/mol.